The molecule has 0 spiro atoms. The van der Waals surface area contributed by atoms with Gasteiger partial charge in [-0.25, -0.2) is 0 Å². The summed E-state index contributed by atoms with van der Waals surface area (Å²) in [7, 11) is 11.0. The molecule has 0 amide bonds. The molecule has 180 valence electrons. The van der Waals surface area contributed by atoms with Crippen molar-refractivity contribution in [2.75, 3.05) is 0 Å². The minimum atomic E-state index is -0.826. The number of hydrogen-bond donors (Lipinski definition) is 0. The van der Waals surface area contributed by atoms with Crippen LogP contribution in [-0.2, 0) is 20.8 Å². The van der Waals surface area contributed by atoms with Gasteiger partial charge in [0.25, 0.3) is 0 Å². The van der Waals surface area contributed by atoms with E-state index in [1.165, 1.54) is 49.0 Å². The topological polar surface area (TPSA) is 0 Å². The Morgan fingerprint density at radius 3 is 1.97 bits per heavy atom. The summed E-state index contributed by atoms with van der Waals surface area (Å²) in [5, 5.41) is 7.99. The monoisotopic (exact) mass is 666 g/mol. The van der Waals surface area contributed by atoms with E-state index in [2.05, 4.69) is 145 Å². The molecular formula is C31H27BrCl2SiZr. The van der Waals surface area contributed by atoms with Gasteiger partial charge in [-0.3, -0.25) is 0 Å². The van der Waals surface area contributed by atoms with Crippen molar-refractivity contribution in [3.63, 3.8) is 0 Å². The number of aryl methyl sites for hydroxylation is 1. The van der Waals surface area contributed by atoms with Crippen LogP contribution in [0.5, 0.6) is 0 Å². The summed E-state index contributed by atoms with van der Waals surface area (Å²) in [5.74, 6) is 0. The molecule has 6 aromatic carbocycles. The molecule has 0 atom stereocenters. The first-order chi connectivity index (χ1) is 17.5. The van der Waals surface area contributed by atoms with E-state index in [4.69, 9.17) is 17.0 Å². The first kappa shape index (κ1) is 29.1. The molecule has 6 rings (SSSR count). The predicted molar refractivity (Wildman–Crippen MR) is 164 cm³/mol. The van der Waals surface area contributed by atoms with Gasteiger partial charge in [-0.1, -0.05) is 108 Å². The molecule has 6 aromatic rings. The van der Waals surface area contributed by atoms with E-state index in [9.17, 15) is 0 Å². The van der Waals surface area contributed by atoms with Gasteiger partial charge in [0.05, 0.1) is 0 Å². The fourth-order valence-corrected chi connectivity index (χ4v) is 4.57. The van der Waals surface area contributed by atoms with Crippen LogP contribution in [0.2, 0.25) is 13.1 Å². The molecule has 0 N–H and O–H groups in total. The summed E-state index contributed by atoms with van der Waals surface area (Å²) < 4.78 is 1.14. The van der Waals surface area contributed by atoms with Gasteiger partial charge >= 0.3 is 37.9 Å². The maximum atomic E-state index is 4.93. The van der Waals surface area contributed by atoms with Crippen molar-refractivity contribution in [2.24, 2.45) is 0 Å². The Kier molecular flexibility index (Phi) is 12.2. The molecule has 0 saturated heterocycles. The zero-order valence-electron chi connectivity index (χ0n) is 20.5. The number of halogens is 3. The standard InChI is InChI=1S/C16H13.C13H8Br.C2H6Si.2ClH.Zr/c1-12-10-14-8-5-9-15(16(14)11-12)13-6-3-2-4-7-13;14-11-5-6-13-10(8-11)7-9-3-1-2-4-12(9)13;1-3-2;;;/h2-11H,1H3;1-8H;1-2H3;2*1H;/q2*-1;;;;+4/p-2. The molecular weight excluding hydrogens is 642 g/mol. The summed E-state index contributed by atoms with van der Waals surface area (Å²) in [5.41, 5.74) is 3.95. The average Bonchev–Trinajstić information content (AvgIpc) is 3.44. The molecule has 0 aromatic heterocycles. The predicted octanol–water partition coefficient (Wildman–Crippen LogP) is 11.2. The van der Waals surface area contributed by atoms with E-state index in [1.54, 1.807) is 0 Å². The normalized spacial score (nSPS) is 9.94. The zero-order chi connectivity index (χ0) is 25.9. The first-order valence-corrected chi connectivity index (χ1v) is 20.6. The van der Waals surface area contributed by atoms with E-state index in [0.29, 0.717) is 0 Å². The summed E-state index contributed by atoms with van der Waals surface area (Å²) in [6, 6.07) is 38.7. The van der Waals surface area contributed by atoms with Crippen molar-refractivity contribution in [2.45, 2.75) is 20.0 Å². The van der Waals surface area contributed by atoms with Crippen LogP contribution in [0, 0.1) is 6.92 Å². The van der Waals surface area contributed by atoms with Crippen LogP contribution in [0.25, 0.3) is 43.4 Å². The van der Waals surface area contributed by atoms with Crippen LogP contribution >= 0.6 is 33.0 Å². The second-order valence-corrected chi connectivity index (χ2v) is 13.9. The zero-order valence-corrected chi connectivity index (χ0v) is 27.1. The number of hydrogen-bond acceptors (Lipinski definition) is 0. The van der Waals surface area contributed by atoms with Gasteiger partial charge in [-0.15, -0.1) is 74.3 Å². The van der Waals surface area contributed by atoms with Crippen LogP contribution in [0.15, 0.2) is 114 Å². The first-order valence-electron chi connectivity index (χ1n) is 11.5. The van der Waals surface area contributed by atoms with E-state index in [-0.39, 0.29) is 0 Å². The second-order valence-electron chi connectivity index (χ2n) is 8.24. The number of fused-ring (bicyclic) bond motifs is 4. The molecule has 0 aliphatic heterocycles. The Balaban J connectivity index is 0.000000166. The Morgan fingerprint density at radius 2 is 1.25 bits per heavy atom. The van der Waals surface area contributed by atoms with E-state index >= 15 is 0 Å². The molecule has 0 unspecified atom stereocenters. The molecule has 0 nitrogen and oxygen atoms in total. The molecule has 0 heterocycles. The van der Waals surface area contributed by atoms with E-state index in [1.807, 2.05) is 0 Å². The molecule has 5 heteroatoms. The summed E-state index contributed by atoms with van der Waals surface area (Å²) in [6.07, 6.45) is 0. The Bertz CT molecular complexity index is 1500. The van der Waals surface area contributed by atoms with Gasteiger partial charge in [-0.2, -0.15) is 6.07 Å². The van der Waals surface area contributed by atoms with Gasteiger partial charge in [0, 0.05) is 9.52 Å². The van der Waals surface area contributed by atoms with E-state index < -0.39 is 20.8 Å². The van der Waals surface area contributed by atoms with Gasteiger partial charge < -0.3 is 0 Å². The van der Waals surface area contributed by atoms with Gasteiger partial charge in [0.2, 0.25) is 0 Å². The van der Waals surface area contributed by atoms with Gasteiger partial charge in [0.1, 0.15) is 0 Å². The van der Waals surface area contributed by atoms with Crippen LogP contribution < -0.4 is 0 Å². The fraction of sp³-hybridized carbons (Fsp3) is 0.0968. The van der Waals surface area contributed by atoms with E-state index in [0.717, 1.165) is 14.0 Å². The molecule has 0 fully saturated rings. The molecule has 0 bridgehead atoms. The minimum absolute atomic E-state index is 0.826. The van der Waals surface area contributed by atoms with Crippen molar-refractivity contribution in [1.29, 1.82) is 0 Å². The molecule has 0 aliphatic carbocycles. The Labute approximate surface area is 244 Å². The summed E-state index contributed by atoms with van der Waals surface area (Å²) in [6.45, 7) is 6.45. The van der Waals surface area contributed by atoms with Crippen LogP contribution in [0.4, 0.5) is 0 Å². The van der Waals surface area contributed by atoms with Crippen molar-refractivity contribution in [3.8, 4) is 11.1 Å². The van der Waals surface area contributed by atoms with Crippen LogP contribution in [-0.4, -0.2) is 9.52 Å². The fourth-order valence-electron chi connectivity index (χ4n) is 4.19. The maximum absolute atomic E-state index is 4.93. The quantitative estimate of drug-likeness (QED) is 0.121. The molecule has 0 saturated carbocycles. The third kappa shape index (κ3) is 7.76. The van der Waals surface area contributed by atoms with Crippen molar-refractivity contribution in [1.82, 2.24) is 0 Å². The van der Waals surface area contributed by atoms with Crippen LogP contribution in [0.1, 0.15) is 5.56 Å². The van der Waals surface area contributed by atoms with Crippen LogP contribution in [0.3, 0.4) is 0 Å². The third-order valence-corrected chi connectivity index (χ3v) is 6.05. The molecule has 0 aliphatic rings. The van der Waals surface area contributed by atoms with Crippen molar-refractivity contribution < 1.29 is 20.8 Å². The van der Waals surface area contributed by atoms with Gasteiger partial charge in [0.15, 0.2) is 0 Å². The molecule has 36 heavy (non-hydrogen) atoms. The Hall–Kier alpha value is -1.48. The average molecular weight is 670 g/mol. The summed E-state index contributed by atoms with van der Waals surface area (Å²) >= 11 is 2.66. The number of rotatable bonds is 1. The summed E-state index contributed by atoms with van der Waals surface area (Å²) in [4.78, 5) is 0. The second kappa shape index (κ2) is 15.1. The SMILES string of the molecule is Brc1ccc2c(c1)[cH-]c1ccccc12.C[Si]C.Cc1cc2c(-c3ccccc3)cccc2[cH-]1.[Cl][Zr+2][Cl]. The Morgan fingerprint density at radius 1 is 0.667 bits per heavy atom. The van der Waals surface area contributed by atoms with Crippen molar-refractivity contribution >= 4 is 74.8 Å². The number of benzene rings is 4. The van der Waals surface area contributed by atoms with Gasteiger partial charge in [-0.05, 0) is 10.0 Å². The molecule has 2 radical (unpaired) electrons. The van der Waals surface area contributed by atoms with Crippen molar-refractivity contribution in [3.05, 3.63) is 119 Å². The third-order valence-electron chi connectivity index (χ3n) is 5.56.